The smallest absolute Gasteiger partial charge is 0.255 e. The largest absolute Gasteiger partial charge is 0.495 e. The van der Waals surface area contributed by atoms with Crippen molar-refractivity contribution in [1.29, 1.82) is 0 Å². The number of hydrogen-bond acceptors (Lipinski definition) is 6. The summed E-state index contributed by atoms with van der Waals surface area (Å²) >= 11 is 1.71. The number of amides is 2. The van der Waals surface area contributed by atoms with Gasteiger partial charge in [0.2, 0.25) is 5.91 Å². The molecule has 5 rings (SSSR count). The average Bonchev–Trinajstić information content (AvgIpc) is 3.51. The Bertz CT molecular complexity index is 1320. The van der Waals surface area contributed by atoms with Crippen LogP contribution in [0.5, 0.6) is 5.75 Å². The number of nitrogens with zero attached hydrogens (tertiary/aromatic N) is 2. The zero-order chi connectivity index (χ0) is 24.2. The molecule has 178 valence electrons. The van der Waals surface area contributed by atoms with Gasteiger partial charge in [-0.2, -0.15) is 0 Å². The van der Waals surface area contributed by atoms with Gasteiger partial charge in [0.05, 0.1) is 35.6 Å². The van der Waals surface area contributed by atoms with E-state index in [0.717, 1.165) is 29.9 Å². The molecule has 0 unspecified atom stereocenters. The molecule has 2 heterocycles. The molecule has 0 saturated carbocycles. The average molecular weight is 487 g/mol. The first kappa shape index (κ1) is 23.0. The van der Waals surface area contributed by atoms with E-state index in [0.29, 0.717) is 29.2 Å². The van der Waals surface area contributed by atoms with Gasteiger partial charge in [-0.15, -0.1) is 11.3 Å². The number of likely N-dealkylation sites (tertiary alicyclic amines) is 1. The van der Waals surface area contributed by atoms with Crippen LogP contribution in [0.25, 0.3) is 10.2 Å². The molecule has 35 heavy (non-hydrogen) atoms. The van der Waals surface area contributed by atoms with Gasteiger partial charge in [0.1, 0.15) is 10.8 Å². The molecule has 4 aromatic rings. The van der Waals surface area contributed by atoms with Gasteiger partial charge in [-0.3, -0.25) is 14.5 Å². The number of aromatic nitrogens is 1. The Morgan fingerprint density at radius 3 is 2.60 bits per heavy atom. The van der Waals surface area contributed by atoms with E-state index in [1.54, 1.807) is 54.8 Å². The van der Waals surface area contributed by atoms with E-state index in [9.17, 15) is 9.59 Å². The second kappa shape index (κ2) is 10.2. The Labute approximate surface area is 207 Å². The first-order valence-electron chi connectivity index (χ1n) is 11.5. The standard InChI is InChI=1S/C27H26N4O3S/c1-34-23-10-4-2-7-20(23)29-26(33)18-12-14-19(15-13-18)28-25(32)17-31-16-6-9-22(31)27-30-21-8-3-5-11-24(21)35-27/h2-5,7-8,10-15,22H,6,9,16-17H2,1H3,(H,28,32)(H,29,33)/t22-/m1/s1. The van der Waals surface area contributed by atoms with Crippen molar-refractivity contribution in [2.45, 2.75) is 18.9 Å². The fourth-order valence-corrected chi connectivity index (χ4v) is 5.50. The van der Waals surface area contributed by atoms with Crippen molar-refractivity contribution < 1.29 is 14.3 Å². The topological polar surface area (TPSA) is 83.6 Å². The molecule has 1 aliphatic rings. The first-order valence-corrected chi connectivity index (χ1v) is 12.4. The summed E-state index contributed by atoms with van der Waals surface area (Å²) in [7, 11) is 1.56. The predicted molar refractivity (Wildman–Crippen MR) is 139 cm³/mol. The minimum Gasteiger partial charge on any atom is -0.495 e. The summed E-state index contributed by atoms with van der Waals surface area (Å²) in [4.78, 5) is 32.4. The van der Waals surface area contributed by atoms with E-state index in [1.807, 2.05) is 30.3 Å². The molecule has 2 N–H and O–H groups in total. The quantitative estimate of drug-likeness (QED) is 0.369. The lowest BCUT2D eigenvalue weighted by Gasteiger charge is -2.22. The summed E-state index contributed by atoms with van der Waals surface area (Å²) in [6.07, 6.45) is 2.05. The highest BCUT2D eigenvalue weighted by Gasteiger charge is 2.30. The molecule has 0 aliphatic carbocycles. The van der Waals surface area contributed by atoms with Gasteiger partial charge in [0.15, 0.2) is 0 Å². The molecule has 8 heteroatoms. The molecule has 2 amide bonds. The molecule has 1 fully saturated rings. The number of fused-ring (bicyclic) bond motifs is 1. The van der Waals surface area contributed by atoms with Crippen molar-refractivity contribution >= 4 is 44.7 Å². The number of para-hydroxylation sites is 3. The van der Waals surface area contributed by atoms with Crippen LogP contribution in [-0.4, -0.2) is 41.9 Å². The van der Waals surface area contributed by atoms with Crippen LogP contribution in [0.15, 0.2) is 72.8 Å². The maximum Gasteiger partial charge on any atom is 0.255 e. The lowest BCUT2D eigenvalue weighted by Crippen LogP contribution is -2.32. The predicted octanol–water partition coefficient (Wildman–Crippen LogP) is 5.33. The maximum atomic E-state index is 12.8. The lowest BCUT2D eigenvalue weighted by molar-refractivity contribution is -0.117. The van der Waals surface area contributed by atoms with Crippen LogP contribution in [0.3, 0.4) is 0 Å². The summed E-state index contributed by atoms with van der Waals surface area (Å²) < 4.78 is 6.46. The van der Waals surface area contributed by atoms with Crippen LogP contribution in [0.4, 0.5) is 11.4 Å². The summed E-state index contributed by atoms with van der Waals surface area (Å²) in [5.41, 5.74) is 2.76. The highest BCUT2D eigenvalue weighted by Crippen LogP contribution is 2.36. The Balaban J connectivity index is 1.19. The molecule has 0 spiro atoms. The van der Waals surface area contributed by atoms with Gasteiger partial charge in [-0.1, -0.05) is 24.3 Å². The van der Waals surface area contributed by atoms with Gasteiger partial charge < -0.3 is 15.4 Å². The number of hydrogen-bond donors (Lipinski definition) is 2. The van der Waals surface area contributed by atoms with E-state index in [-0.39, 0.29) is 17.9 Å². The number of nitrogens with one attached hydrogen (secondary N) is 2. The number of benzene rings is 3. The number of carbonyl (C=O) groups excluding carboxylic acids is 2. The van der Waals surface area contributed by atoms with E-state index in [2.05, 4.69) is 21.6 Å². The third kappa shape index (κ3) is 5.18. The molecule has 1 saturated heterocycles. The van der Waals surface area contributed by atoms with Crippen molar-refractivity contribution in [2.75, 3.05) is 30.8 Å². The molecule has 7 nitrogen and oxygen atoms in total. The number of anilines is 2. The van der Waals surface area contributed by atoms with Crippen molar-refractivity contribution in [1.82, 2.24) is 9.88 Å². The van der Waals surface area contributed by atoms with E-state index < -0.39 is 0 Å². The number of rotatable bonds is 7. The van der Waals surface area contributed by atoms with Crippen molar-refractivity contribution in [2.24, 2.45) is 0 Å². The number of methoxy groups -OCH3 is 1. The third-order valence-electron chi connectivity index (χ3n) is 6.09. The highest BCUT2D eigenvalue weighted by molar-refractivity contribution is 7.18. The zero-order valence-corrected chi connectivity index (χ0v) is 20.2. The van der Waals surface area contributed by atoms with Crippen LogP contribution in [0.1, 0.15) is 34.2 Å². The summed E-state index contributed by atoms with van der Waals surface area (Å²) in [6, 6.07) is 22.4. The molecular formula is C27H26N4O3S. The van der Waals surface area contributed by atoms with Crippen LogP contribution >= 0.6 is 11.3 Å². The summed E-state index contributed by atoms with van der Waals surface area (Å²) in [5, 5.41) is 6.88. The third-order valence-corrected chi connectivity index (χ3v) is 7.23. The Hall–Kier alpha value is -3.75. The van der Waals surface area contributed by atoms with Crippen molar-refractivity contribution in [3.05, 3.63) is 83.4 Å². The van der Waals surface area contributed by atoms with Crippen LogP contribution in [-0.2, 0) is 4.79 Å². The molecule has 0 radical (unpaired) electrons. The number of carbonyl (C=O) groups is 2. The van der Waals surface area contributed by atoms with Gasteiger partial charge in [-0.25, -0.2) is 4.98 Å². The van der Waals surface area contributed by atoms with Gasteiger partial charge >= 0.3 is 0 Å². The van der Waals surface area contributed by atoms with Crippen LogP contribution in [0.2, 0.25) is 0 Å². The Morgan fingerprint density at radius 1 is 1.03 bits per heavy atom. The van der Waals surface area contributed by atoms with Gasteiger partial charge in [-0.05, 0) is 67.9 Å². The monoisotopic (exact) mass is 486 g/mol. The van der Waals surface area contributed by atoms with E-state index in [1.165, 1.54) is 4.70 Å². The lowest BCUT2D eigenvalue weighted by atomic mass is 10.2. The molecule has 3 aromatic carbocycles. The van der Waals surface area contributed by atoms with Crippen LogP contribution in [0, 0.1) is 0 Å². The highest BCUT2D eigenvalue weighted by atomic mass is 32.1. The molecule has 1 atom stereocenters. The Morgan fingerprint density at radius 2 is 1.80 bits per heavy atom. The maximum absolute atomic E-state index is 12.8. The molecule has 0 bridgehead atoms. The second-order valence-corrected chi connectivity index (χ2v) is 9.49. The Kier molecular flexibility index (Phi) is 6.74. The normalized spacial score (nSPS) is 15.7. The van der Waals surface area contributed by atoms with Gasteiger partial charge in [0.25, 0.3) is 5.91 Å². The molecular weight excluding hydrogens is 460 g/mol. The minimum absolute atomic E-state index is 0.0794. The minimum atomic E-state index is -0.247. The first-order chi connectivity index (χ1) is 17.1. The second-order valence-electron chi connectivity index (χ2n) is 8.43. The van der Waals surface area contributed by atoms with Gasteiger partial charge in [0, 0.05) is 11.3 Å². The summed E-state index contributed by atoms with van der Waals surface area (Å²) in [6.45, 7) is 1.17. The van der Waals surface area contributed by atoms with E-state index >= 15 is 0 Å². The van der Waals surface area contributed by atoms with Crippen LogP contribution < -0.4 is 15.4 Å². The molecule has 1 aromatic heterocycles. The fraction of sp³-hybridized carbons (Fsp3) is 0.222. The summed E-state index contributed by atoms with van der Waals surface area (Å²) in [5.74, 6) is 0.267. The number of thiazole rings is 1. The molecule has 1 aliphatic heterocycles. The van der Waals surface area contributed by atoms with Crippen molar-refractivity contribution in [3.63, 3.8) is 0 Å². The fourth-order valence-electron chi connectivity index (χ4n) is 4.36. The van der Waals surface area contributed by atoms with Crippen molar-refractivity contribution in [3.8, 4) is 5.75 Å². The SMILES string of the molecule is COc1ccccc1NC(=O)c1ccc(NC(=O)CN2CCC[C@@H]2c2nc3ccccc3s2)cc1. The zero-order valence-electron chi connectivity index (χ0n) is 19.4. The number of ether oxygens (including phenoxy) is 1. The van der Waals surface area contributed by atoms with E-state index in [4.69, 9.17) is 9.72 Å².